The van der Waals surface area contributed by atoms with Crippen LogP contribution in [0.5, 0.6) is 0 Å². The number of alkyl halides is 3. The molecule has 0 amide bonds. The summed E-state index contributed by atoms with van der Waals surface area (Å²) in [6, 6.07) is 5.22. The lowest BCUT2D eigenvalue weighted by atomic mass is 10.1. The first kappa shape index (κ1) is 15.9. The second kappa shape index (κ2) is 5.74. The lowest BCUT2D eigenvalue weighted by Gasteiger charge is -2.34. The van der Waals surface area contributed by atoms with E-state index < -0.39 is 18.3 Å². The van der Waals surface area contributed by atoms with Gasteiger partial charge in [0.05, 0.1) is 16.6 Å². The Bertz CT molecular complexity index is 570. The van der Waals surface area contributed by atoms with Crippen LogP contribution in [-0.2, 0) is 0 Å². The molecule has 7 heteroatoms. The van der Waals surface area contributed by atoms with Crippen LogP contribution in [0.15, 0.2) is 18.2 Å². The van der Waals surface area contributed by atoms with Gasteiger partial charge in [0.15, 0.2) is 6.10 Å². The van der Waals surface area contributed by atoms with E-state index in [1.54, 1.807) is 13.0 Å². The van der Waals surface area contributed by atoms with Crippen molar-refractivity contribution < 1.29 is 18.3 Å². The van der Waals surface area contributed by atoms with Crippen LogP contribution in [-0.4, -0.2) is 29.5 Å². The fourth-order valence-electron chi connectivity index (χ4n) is 2.75. The van der Waals surface area contributed by atoms with Crippen molar-refractivity contribution in [1.82, 2.24) is 0 Å². The minimum atomic E-state index is -4.66. The maximum Gasteiger partial charge on any atom is 0.416 e. The Labute approximate surface area is 125 Å². The Morgan fingerprint density at radius 3 is 2.62 bits per heavy atom. The average molecular weight is 319 g/mol. The van der Waals surface area contributed by atoms with Gasteiger partial charge in [0, 0.05) is 11.7 Å². The molecule has 21 heavy (non-hydrogen) atoms. The minimum absolute atomic E-state index is 0.143. The smallest absolute Gasteiger partial charge is 0.382 e. The number of nitrogens with zero attached hydrogens (tertiary/aromatic N) is 2. The highest BCUT2D eigenvalue weighted by molar-refractivity contribution is 6.32. The SMILES string of the molecule is C[C@@H]1CCC([C@H](O)C(F)(F)F)N1c1ccc(C#N)c(Cl)c1. The van der Waals surface area contributed by atoms with Crippen LogP contribution in [0, 0.1) is 11.3 Å². The van der Waals surface area contributed by atoms with E-state index in [0.29, 0.717) is 12.1 Å². The standard InChI is InChI=1S/C14H14ClF3N2O/c1-8-2-5-12(13(21)14(16,17)18)20(8)10-4-3-9(7-19)11(15)6-10/h3-4,6,8,12-13,21H,2,5H2,1H3/t8-,12?,13+/m1/s1. The summed E-state index contributed by atoms with van der Waals surface area (Å²) in [6.45, 7) is 1.80. The number of benzene rings is 1. The molecule has 3 nitrogen and oxygen atoms in total. The van der Waals surface area contributed by atoms with Crippen LogP contribution in [0.25, 0.3) is 0 Å². The molecule has 0 radical (unpaired) electrons. The van der Waals surface area contributed by atoms with E-state index >= 15 is 0 Å². The third-order valence-electron chi connectivity index (χ3n) is 3.78. The Kier molecular flexibility index (Phi) is 4.35. The zero-order valence-corrected chi connectivity index (χ0v) is 12.0. The third kappa shape index (κ3) is 3.09. The first-order valence-corrected chi connectivity index (χ1v) is 6.86. The Morgan fingerprint density at radius 2 is 2.10 bits per heavy atom. The van der Waals surface area contributed by atoms with E-state index in [1.807, 2.05) is 6.07 Å². The van der Waals surface area contributed by atoms with Gasteiger partial charge >= 0.3 is 6.18 Å². The summed E-state index contributed by atoms with van der Waals surface area (Å²) in [6.07, 6.45) is -6.27. The number of halogens is 4. The zero-order chi connectivity index (χ0) is 15.8. The Morgan fingerprint density at radius 1 is 1.43 bits per heavy atom. The van der Waals surface area contributed by atoms with Crippen LogP contribution < -0.4 is 4.90 Å². The molecule has 1 aliphatic rings. The Balaban J connectivity index is 2.35. The average Bonchev–Trinajstić information content (AvgIpc) is 2.78. The quantitative estimate of drug-likeness (QED) is 0.908. The summed E-state index contributed by atoms with van der Waals surface area (Å²) < 4.78 is 38.3. The summed E-state index contributed by atoms with van der Waals surface area (Å²) in [5.41, 5.74) is 0.748. The van der Waals surface area contributed by atoms with Crippen LogP contribution in [0.1, 0.15) is 25.3 Å². The molecule has 0 aromatic heterocycles. The van der Waals surface area contributed by atoms with Crippen molar-refractivity contribution in [3.8, 4) is 6.07 Å². The maximum atomic E-state index is 12.8. The molecule has 1 aromatic rings. The van der Waals surface area contributed by atoms with Gasteiger partial charge in [-0.1, -0.05) is 11.6 Å². The lowest BCUT2D eigenvalue weighted by Crippen LogP contribution is -2.48. The summed E-state index contributed by atoms with van der Waals surface area (Å²) in [5, 5.41) is 18.6. The number of nitriles is 1. The van der Waals surface area contributed by atoms with Gasteiger partial charge in [-0.25, -0.2) is 0 Å². The van der Waals surface area contributed by atoms with Gasteiger partial charge in [-0.3, -0.25) is 0 Å². The normalized spacial score (nSPS) is 24.0. The molecule has 0 bridgehead atoms. The van der Waals surface area contributed by atoms with Crippen molar-refractivity contribution in [3.05, 3.63) is 28.8 Å². The van der Waals surface area contributed by atoms with Gasteiger partial charge in [-0.2, -0.15) is 18.4 Å². The molecular formula is C14H14ClF3N2O. The van der Waals surface area contributed by atoms with Crippen LogP contribution in [0.3, 0.4) is 0 Å². The van der Waals surface area contributed by atoms with E-state index in [2.05, 4.69) is 0 Å². The Hall–Kier alpha value is -1.45. The third-order valence-corrected chi connectivity index (χ3v) is 4.10. The number of rotatable bonds is 2. The van der Waals surface area contributed by atoms with Crippen molar-refractivity contribution in [1.29, 1.82) is 5.26 Å². The summed E-state index contributed by atoms with van der Waals surface area (Å²) in [5.74, 6) is 0. The number of aliphatic hydroxyl groups is 1. The molecule has 0 spiro atoms. The summed E-state index contributed by atoms with van der Waals surface area (Å²) in [4.78, 5) is 1.53. The molecule has 1 fully saturated rings. The highest BCUT2D eigenvalue weighted by Gasteiger charge is 2.48. The predicted molar refractivity (Wildman–Crippen MR) is 73.2 cm³/mol. The molecule has 114 valence electrons. The highest BCUT2D eigenvalue weighted by Crippen LogP contribution is 2.37. The molecule has 1 N–H and O–H groups in total. The predicted octanol–water partition coefficient (Wildman–Crippen LogP) is 3.49. The van der Waals surface area contributed by atoms with Crippen LogP contribution in [0.2, 0.25) is 5.02 Å². The second-order valence-corrected chi connectivity index (χ2v) is 5.57. The van der Waals surface area contributed by atoms with Crippen molar-refractivity contribution in [2.45, 2.75) is 44.1 Å². The first-order chi connectivity index (χ1) is 9.75. The van der Waals surface area contributed by atoms with Crippen molar-refractivity contribution >= 4 is 17.3 Å². The van der Waals surface area contributed by atoms with Crippen molar-refractivity contribution in [2.75, 3.05) is 4.90 Å². The van der Waals surface area contributed by atoms with Crippen molar-refractivity contribution in [3.63, 3.8) is 0 Å². The molecule has 1 aromatic carbocycles. The summed E-state index contributed by atoms with van der Waals surface area (Å²) in [7, 11) is 0. The van der Waals surface area contributed by atoms with Gasteiger partial charge in [0.25, 0.3) is 0 Å². The van der Waals surface area contributed by atoms with Crippen LogP contribution in [0.4, 0.5) is 18.9 Å². The molecule has 2 rings (SSSR count). The second-order valence-electron chi connectivity index (χ2n) is 5.16. The van der Waals surface area contributed by atoms with Gasteiger partial charge in [-0.15, -0.1) is 0 Å². The van der Waals surface area contributed by atoms with E-state index in [1.165, 1.54) is 17.0 Å². The zero-order valence-electron chi connectivity index (χ0n) is 11.2. The monoisotopic (exact) mass is 318 g/mol. The molecule has 1 saturated heterocycles. The first-order valence-electron chi connectivity index (χ1n) is 6.48. The fraction of sp³-hybridized carbons (Fsp3) is 0.500. The molecule has 0 saturated carbocycles. The fourth-order valence-corrected chi connectivity index (χ4v) is 2.96. The maximum absolute atomic E-state index is 12.8. The molecule has 1 heterocycles. The molecular weight excluding hydrogens is 305 g/mol. The van der Waals surface area contributed by atoms with E-state index in [4.69, 9.17) is 16.9 Å². The van der Waals surface area contributed by atoms with Gasteiger partial charge in [-0.05, 0) is 38.0 Å². The van der Waals surface area contributed by atoms with E-state index in [-0.39, 0.29) is 23.0 Å². The van der Waals surface area contributed by atoms with E-state index in [9.17, 15) is 18.3 Å². The molecule has 1 unspecified atom stereocenters. The van der Waals surface area contributed by atoms with Gasteiger partial charge < -0.3 is 10.0 Å². The summed E-state index contributed by atoms with van der Waals surface area (Å²) >= 11 is 5.94. The van der Waals surface area contributed by atoms with Gasteiger partial charge in [0.2, 0.25) is 0 Å². The lowest BCUT2D eigenvalue weighted by molar-refractivity contribution is -0.209. The minimum Gasteiger partial charge on any atom is -0.382 e. The van der Waals surface area contributed by atoms with Crippen molar-refractivity contribution in [2.24, 2.45) is 0 Å². The number of hydrogen-bond acceptors (Lipinski definition) is 3. The van der Waals surface area contributed by atoms with Crippen LogP contribution >= 0.6 is 11.6 Å². The highest BCUT2D eigenvalue weighted by atomic mass is 35.5. The van der Waals surface area contributed by atoms with Gasteiger partial charge in [0.1, 0.15) is 6.07 Å². The largest absolute Gasteiger partial charge is 0.416 e. The topological polar surface area (TPSA) is 47.3 Å². The number of anilines is 1. The van der Waals surface area contributed by atoms with E-state index in [0.717, 1.165) is 0 Å². The number of aliphatic hydroxyl groups excluding tert-OH is 1. The number of hydrogen-bond donors (Lipinski definition) is 1. The molecule has 3 atom stereocenters. The molecule has 1 aliphatic heterocycles. The molecule has 0 aliphatic carbocycles.